The minimum absolute atomic E-state index is 0.287. The van der Waals surface area contributed by atoms with Crippen molar-refractivity contribution in [1.82, 2.24) is 5.32 Å². The van der Waals surface area contributed by atoms with Crippen molar-refractivity contribution in [2.45, 2.75) is 38.5 Å². The molecular formula is C16H27NOS. The average molecular weight is 281 g/mol. The summed E-state index contributed by atoms with van der Waals surface area (Å²) in [5, 5.41) is 13.1. The summed E-state index contributed by atoms with van der Waals surface area (Å²) in [7, 11) is 0. The van der Waals surface area contributed by atoms with Gasteiger partial charge in [-0.2, -0.15) is 11.8 Å². The molecule has 0 saturated carbocycles. The zero-order valence-corrected chi connectivity index (χ0v) is 13.1. The first-order valence-corrected chi connectivity index (χ1v) is 8.26. The van der Waals surface area contributed by atoms with E-state index in [1.165, 1.54) is 5.56 Å². The molecule has 0 aromatic heterocycles. The molecule has 0 aliphatic heterocycles. The van der Waals surface area contributed by atoms with Crippen molar-refractivity contribution in [1.29, 1.82) is 0 Å². The maximum Gasteiger partial charge on any atom is 0.0443 e. The number of aliphatic hydroxyl groups is 1. The highest BCUT2D eigenvalue weighted by molar-refractivity contribution is 7.99. The van der Waals surface area contributed by atoms with E-state index in [0.717, 1.165) is 18.7 Å². The Morgan fingerprint density at radius 1 is 1.21 bits per heavy atom. The van der Waals surface area contributed by atoms with E-state index >= 15 is 0 Å². The molecule has 108 valence electrons. The van der Waals surface area contributed by atoms with Crippen LogP contribution in [0.1, 0.15) is 38.8 Å². The maximum absolute atomic E-state index is 8.95. The van der Waals surface area contributed by atoms with Gasteiger partial charge in [0.15, 0.2) is 0 Å². The molecule has 0 bridgehead atoms. The van der Waals surface area contributed by atoms with Crippen LogP contribution in [0.4, 0.5) is 0 Å². The number of benzene rings is 1. The Kier molecular flexibility index (Phi) is 8.19. The molecule has 0 fully saturated rings. The summed E-state index contributed by atoms with van der Waals surface area (Å²) >= 11 is 1.97. The normalized spacial score (nSPS) is 14.6. The standard InChI is InChI=1S/C16H27NOS/c1-4-17-15(14-9-6-5-7-10-14)16(13(2)3)19-12-8-11-18/h5-7,9-10,13,15-18H,4,8,11-12H2,1-3H3. The van der Waals surface area contributed by atoms with Crippen molar-refractivity contribution in [2.75, 3.05) is 18.9 Å². The summed E-state index contributed by atoms with van der Waals surface area (Å²) in [4.78, 5) is 0. The molecule has 2 unspecified atom stereocenters. The van der Waals surface area contributed by atoms with Gasteiger partial charge in [0.25, 0.3) is 0 Å². The quantitative estimate of drug-likeness (QED) is 0.680. The van der Waals surface area contributed by atoms with E-state index < -0.39 is 0 Å². The maximum atomic E-state index is 8.95. The summed E-state index contributed by atoms with van der Waals surface area (Å²) in [6.07, 6.45) is 0.877. The van der Waals surface area contributed by atoms with Gasteiger partial charge in [-0.05, 0) is 30.2 Å². The Hall–Kier alpha value is -0.510. The Labute approximate surface area is 122 Å². The van der Waals surface area contributed by atoms with E-state index in [2.05, 4.69) is 56.4 Å². The van der Waals surface area contributed by atoms with Crippen molar-refractivity contribution in [3.05, 3.63) is 35.9 Å². The van der Waals surface area contributed by atoms with Gasteiger partial charge in [0.2, 0.25) is 0 Å². The number of rotatable bonds is 9. The first-order valence-electron chi connectivity index (χ1n) is 7.21. The van der Waals surface area contributed by atoms with Gasteiger partial charge in [-0.3, -0.25) is 0 Å². The van der Waals surface area contributed by atoms with Crippen LogP contribution in [0.3, 0.4) is 0 Å². The highest BCUT2D eigenvalue weighted by atomic mass is 32.2. The number of hydrogen-bond acceptors (Lipinski definition) is 3. The van der Waals surface area contributed by atoms with E-state index in [-0.39, 0.29) is 6.61 Å². The lowest BCUT2D eigenvalue weighted by molar-refractivity contribution is 0.296. The fourth-order valence-electron chi connectivity index (χ4n) is 2.26. The van der Waals surface area contributed by atoms with Gasteiger partial charge in [0.05, 0.1) is 0 Å². The number of nitrogens with one attached hydrogen (secondary N) is 1. The predicted molar refractivity (Wildman–Crippen MR) is 85.6 cm³/mol. The van der Waals surface area contributed by atoms with Gasteiger partial charge in [-0.25, -0.2) is 0 Å². The van der Waals surface area contributed by atoms with Gasteiger partial charge in [0, 0.05) is 17.9 Å². The SMILES string of the molecule is CCNC(c1ccccc1)C(SCCCO)C(C)C. The van der Waals surface area contributed by atoms with Crippen LogP contribution >= 0.6 is 11.8 Å². The lowest BCUT2D eigenvalue weighted by Crippen LogP contribution is -2.33. The third kappa shape index (κ3) is 5.55. The minimum Gasteiger partial charge on any atom is -0.396 e. The summed E-state index contributed by atoms with van der Waals surface area (Å²) in [6.45, 7) is 7.98. The topological polar surface area (TPSA) is 32.3 Å². The molecule has 2 nitrogen and oxygen atoms in total. The van der Waals surface area contributed by atoms with Crippen molar-refractivity contribution in [2.24, 2.45) is 5.92 Å². The fraction of sp³-hybridized carbons (Fsp3) is 0.625. The monoisotopic (exact) mass is 281 g/mol. The third-order valence-electron chi connectivity index (χ3n) is 3.18. The molecule has 3 heteroatoms. The van der Waals surface area contributed by atoms with Crippen molar-refractivity contribution in [3.8, 4) is 0 Å². The first-order chi connectivity index (χ1) is 9.20. The second-order valence-corrected chi connectivity index (χ2v) is 6.39. The second kappa shape index (κ2) is 9.40. The van der Waals surface area contributed by atoms with Crippen LogP contribution in [-0.4, -0.2) is 29.3 Å². The number of hydrogen-bond donors (Lipinski definition) is 2. The molecular weight excluding hydrogens is 254 g/mol. The van der Waals surface area contributed by atoms with Crippen LogP contribution in [0.5, 0.6) is 0 Å². The first kappa shape index (κ1) is 16.5. The van der Waals surface area contributed by atoms with Crippen molar-refractivity contribution in [3.63, 3.8) is 0 Å². The zero-order chi connectivity index (χ0) is 14.1. The van der Waals surface area contributed by atoms with E-state index in [1.54, 1.807) is 0 Å². The zero-order valence-electron chi connectivity index (χ0n) is 12.3. The smallest absolute Gasteiger partial charge is 0.0443 e. The lowest BCUT2D eigenvalue weighted by Gasteiger charge is -2.31. The molecule has 1 aromatic carbocycles. The van der Waals surface area contributed by atoms with Crippen molar-refractivity contribution >= 4 is 11.8 Å². The van der Waals surface area contributed by atoms with Crippen LogP contribution in [-0.2, 0) is 0 Å². The van der Waals surface area contributed by atoms with Crippen LogP contribution in [0.15, 0.2) is 30.3 Å². The van der Waals surface area contributed by atoms with E-state index in [9.17, 15) is 0 Å². The molecule has 0 spiro atoms. The van der Waals surface area contributed by atoms with E-state index in [1.807, 2.05) is 11.8 Å². The van der Waals surface area contributed by atoms with Gasteiger partial charge < -0.3 is 10.4 Å². The summed E-state index contributed by atoms with van der Waals surface area (Å²) in [5.74, 6) is 1.63. The molecule has 0 amide bonds. The molecule has 0 saturated heterocycles. The molecule has 0 radical (unpaired) electrons. The molecule has 19 heavy (non-hydrogen) atoms. The van der Waals surface area contributed by atoms with Gasteiger partial charge in [-0.15, -0.1) is 0 Å². The van der Waals surface area contributed by atoms with E-state index in [4.69, 9.17) is 5.11 Å². The number of thioether (sulfide) groups is 1. The van der Waals surface area contributed by atoms with Gasteiger partial charge in [-0.1, -0.05) is 51.1 Å². The van der Waals surface area contributed by atoms with Crippen LogP contribution in [0.25, 0.3) is 0 Å². The minimum atomic E-state index is 0.287. The molecule has 2 atom stereocenters. The van der Waals surface area contributed by atoms with Crippen LogP contribution < -0.4 is 5.32 Å². The Balaban J connectivity index is 2.80. The Morgan fingerprint density at radius 3 is 2.42 bits per heavy atom. The second-order valence-electron chi connectivity index (χ2n) is 5.10. The predicted octanol–water partition coefficient (Wildman–Crippen LogP) is 3.48. The van der Waals surface area contributed by atoms with Crippen molar-refractivity contribution < 1.29 is 5.11 Å². The molecule has 1 aromatic rings. The molecule has 0 aliphatic carbocycles. The number of aliphatic hydroxyl groups excluding tert-OH is 1. The van der Waals surface area contributed by atoms with Gasteiger partial charge >= 0.3 is 0 Å². The molecule has 2 N–H and O–H groups in total. The summed E-state index contributed by atoms with van der Waals surface area (Å²) in [5.41, 5.74) is 1.36. The molecule has 0 aliphatic rings. The van der Waals surface area contributed by atoms with E-state index in [0.29, 0.717) is 17.2 Å². The molecule has 1 rings (SSSR count). The Bertz CT molecular complexity index is 329. The van der Waals surface area contributed by atoms with Crippen LogP contribution in [0.2, 0.25) is 0 Å². The third-order valence-corrected chi connectivity index (χ3v) is 4.91. The fourth-order valence-corrected chi connectivity index (χ4v) is 3.66. The highest BCUT2D eigenvalue weighted by Crippen LogP contribution is 2.32. The Morgan fingerprint density at radius 2 is 1.89 bits per heavy atom. The average Bonchev–Trinajstić information content (AvgIpc) is 2.42. The summed E-state index contributed by atoms with van der Waals surface area (Å²) in [6, 6.07) is 11.1. The lowest BCUT2D eigenvalue weighted by atomic mass is 9.96. The molecule has 0 heterocycles. The highest BCUT2D eigenvalue weighted by Gasteiger charge is 2.25. The summed E-state index contributed by atoms with van der Waals surface area (Å²) < 4.78 is 0. The van der Waals surface area contributed by atoms with Gasteiger partial charge in [0.1, 0.15) is 0 Å². The van der Waals surface area contributed by atoms with Crippen LogP contribution in [0, 0.1) is 5.92 Å². The largest absolute Gasteiger partial charge is 0.396 e.